The van der Waals surface area contributed by atoms with Crippen LogP contribution in [0.2, 0.25) is 0 Å². The standard InChI is InChI=1S/C19H21BrN2O4/c1-4-25-17-9-15(20)8-14(19(17)24)10-21-22-18(23)11-26-16-6-5-12(2)13(3)7-16/h5-10,24H,4,11H2,1-3H3,(H,22,23). The summed E-state index contributed by atoms with van der Waals surface area (Å²) in [6.07, 6.45) is 1.34. The molecule has 2 rings (SSSR count). The average molecular weight is 421 g/mol. The third-order valence-corrected chi connectivity index (χ3v) is 4.07. The number of carbonyl (C=O) groups is 1. The zero-order valence-electron chi connectivity index (χ0n) is 14.9. The average Bonchev–Trinajstić information content (AvgIpc) is 2.60. The van der Waals surface area contributed by atoms with Crippen LogP contribution in [-0.4, -0.2) is 30.4 Å². The Morgan fingerprint density at radius 1 is 1.23 bits per heavy atom. The number of hydrogen-bond donors (Lipinski definition) is 2. The van der Waals surface area contributed by atoms with Crippen molar-refractivity contribution in [1.82, 2.24) is 5.43 Å². The van der Waals surface area contributed by atoms with Crippen LogP contribution in [0.3, 0.4) is 0 Å². The molecule has 0 spiro atoms. The van der Waals surface area contributed by atoms with Gasteiger partial charge in [0, 0.05) is 10.0 Å². The Bertz CT molecular complexity index is 821. The van der Waals surface area contributed by atoms with E-state index >= 15 is 0 Å². The number of halogens is 1. The third-order valence-electron chi connectivity index (χ3n) is 3.61. The first-order valence-corrected chi connectivity index (χ1v) is 8.87. The van der Waals surface area contributed by atoms with Gasteiger partial charge in [0.2, 0.25) is 0 Å². The molecule has 138 valence electrons. The summed E-state index contributed by atoms with van der Waals surface area (Å²) in [5.74, 6) is 0.518. The molecule has 0 heterocycles. The van der Waals surface area contributed by atoms with Crippen molar-refractivity contribution in [3.05, 3.63) is 51.5 Å². The first-order chi connectivity index (χ1) is 12.4. The van der Waals surface area contributed by atoms with Gasteiger partial charge in [0.15, 0.2) is 18.1 Å². The Morgan fingerprint density at radius 2 is 2.00 bits per heavy atom. The van der Waals surface area contributed by atoms with Crippen molar-refractivity contribution in [2.24, 2.45) is 5.10 Å². The molecule has 0 aromatic heterocycles. The van der Waals surface area contributed by atoms with Gasteiger partial charge in [-0.1, -0.05) is 22.0 Å². The number of carbonyl (C=O) groups excluding carboxylic acids is 1. The lowest BCUT2D eigenvalue weighted by atomic mass is 10.1. The second-order valence-electron chi connectivity index (χ2n) is 5.60. The van der Waals surface area contributed by atoms with Crippen LogP contribution in [0.5, 0.6) is 17.2 Å². The minimum absolute atomic E-state index is 0.0422. The van der Waals surface area contributed by atoms with Crippen LogP contribution in [0.1, 0.15) is 23.6 Å². The Labute approximate surface area is 161 Å². The van der Waals surface area contributed by atoms with Gasteiger partial charge in [-0.25, -0.2) is 5.43 Å². The Balaban J connectivity index is 1.93. The van der Waals surface area contributed by atoms with Gasteiger partial charge in [0.05, 0.1) is 12.8 Å². The molecule has 2 aromatic rings. The predicted molar refractivity (Wildman–Crippen MR) is 104 cm³/mol. The number of nitrogens with one attached hydrogen (secondary N) is 1. The van der Waals surface area contributed by atoms with Gasteiger partial charge in [0.25, 0.3) is 5.91 Å². The molecular formula is C19H21BrN2O4. The molecule has 0 fully saturated rings. The highest BCUT2D eigenvalue weighted by molar-refractivity contribution is 9.10. The lowest BCUT2D eigenvalue weighted by Gasteiger charge is -2.09. The monoisotopic (exact) mass is 420 g/mol. The number of amides is 1. The number of nitrogens with zero attached hydrogens (tertiary/aromatic N) is 1. The van der Waals surface area contributed by atoms with Crippen LogP contribution in [-0.2, 0) is 4.79 Å². The molecule has 0 bridgehead atoms. The van der Waals surface area contributed by atoms with E-state index in [4.69, 9.17) is 9.47 Å². The molecule has 1 amide bonds. The van der Waals surface area contributed by atoms with Gasteiger partial charge in [0.1, 0.15) is 5.75 Å². The summed E-state index contributed by atoms with van der Waals surface area (Å²) >= 11 is 3.34. The molecule has 0 aliphatic rings. The zero-order chi connectivity index (χ0) is 19.1. The SMILES string of the molecule is CCOc1cc(Br)cc(C=NNC(=O)COc2ccc(C)c(C)c2)c1O. The van der Waals surface area contributed by atoms with Crippen molar-refractivity contribution in [1.29, 1.82) is 0 Å². The van der Waals surface area contributed by atoms with E-state index in [0.29, 0.717) is 23.7 Å². The summed E-state index contributed by atoms with van der Waals surface area (Å²) in [7, 11) is 0. The highest BCUT2D eigenvalue weighted by atomic mass is 79.9. The molecule has 0 aliphatic heterocycles. The van der Waals surface area contributed by atoms with Gasteiger partial charge < -0.3 is 14.6 Å². The van der Waals surface area contributed by atoms with Crippen molar-refractivity contribution in [3.8, 4) is 17.2 Å². The Kier molecular flexibility index (Phi) is 7.03. The smallest absolute Gasteiger partial charge is 0.277 e. The summed E-state index contributed by atoms with van der Waals surface area (Å²) in [6.45, 7) is 6.08. The van der Waals surface area contributed by atoms with Crippen LogP contribution in [0.15, 0.2) is 39.9 Å². The Morgan fingerprint density at radius 3 is 2.69 bits per heavy atom. The second kappa shape index (κ2) is 9.24. The van der Waals surface area contributed by atoms with Crippen LogP contribution in [0.25, 0.3) is 0 Å². The molecule has 0 unspecified atom stereocenters. The van der Waals surface area contributed by atoms with E-state index in [9.17, 15) is 9.90 Å². The van der Waals surface area contributed by atoms with E-state index in [1.54, 1.807) is 12.1 Å². The number of aromatic hydroxyl groups is 1. The second-order valence-corrected chi connectivity index (χ2v) is 6.52. The fourth-order valence-electron chi connectivity index (χ4n) is 2.12. The van der Waals surface area contributed by atoms with Crippen molar-refractivity contribution < 1.29 is 19.4 Å². The molecule has 0 saturated carbocycles. The van der Waals surface area contributed by atoms with E-state index in [0.717, 1.165) is 15.6 Å². The number of hydrazone groups is 1. The van der Waals surface area contributed by atoms with Crippen molar-refractivity contribution in [2.75, 3.05) is 13.2 Å². The maximum Gasteiger partial charge on any atom is 0.277 e. The van der Waals surface area contributed by atoms with E-state index in [1.165, 1.54) is 6.21 Å². The minimum atomic E-state index is -0.404. The molecule has 2 aromatic carbocycles. The first-order valence-electron chi connectivity index (χ1n) is 8.08. The van der Waals surface area contributed by atoms with Crippen molar-refractivity contribution >= 4 is 28.1 Å². The van der Waals surface area contributed by atoms with E-state index < -0.39 is 5.91 Å². The van der Waals surface area contributed by atoms with Crippen molar-refractivity contribution in [3.63, 3.8) is 0 Å². The molecular weight excluding hydrogens is 400 g/mol. The normalized spacial score (nSPS) is 10.8. The van der Waals surface area contributed by atoms with E-state index in [-0.39, 0.29) is 12.4 Å². The summed E-state index contributed by atoms with van der Waals surface area (Å²) in [5.41, 5.74) is 5.03. The maximum absolute atomic E-state index is 11.8. The molecule has 0 radical (unpaired) electrons. The van der Waals surface area contributed by atoms with Crippen LogP contribution >= 0.6 is 15.9 Å². The van der Waals surface area contributed by atoms with Crippen molar-refractivity contribution in [2.45, 2.75) is 20.8 Å². The van der Waals surface area contributed by atoms with Gasteiger partial charge in [-0.2, -0.15) is 5.10 Å². The predicted octanol–water partition coefficient (Wildman–Crippen LogP) is 3.70. The number of phenolic OH excluding ortho intramolecular Hbond substituents is 1. The quantitative estimate of drug-likeness (QED) is 0.528. The minimum Gasteiger partial charge on any atom is -0.504 e. The summed E-state index contributed by atoms with van der Waals surface area (Å²) in [5, 5.41) is 14.0. The lowest BCUT2D eigenvalue weighted by molar-refractivity contribution is -0.123. The van der Waals surface area contributed by atoms with Crippen LogP contribution in [0, 0.1) is 13.8 Å². The van der Waals surface area contributed by atoms with Gasteiger partial charge >= 0.3 is 0 Å². The highest BCUT2D eigenvalue weighted by Crippen LogP contribution is 2.32. The molecule has 2 N–H and O–H groups in total. The van der Waals surface area contributed by atoms with E-state index in [1.807, 2.05) is 39.0 Å². The summed E-state index contributed by atoms with van der Waals surface area (Å²) < 4.78 is 11.5. The van der Waals surface area contributed by atoms with Crippen LogP contribution in [0.4, 0.5) is 0 Å². The molecule has 7 heteroatoms. The number of hydrogen-bond acceptors (Lipinski definition) is 5. The fraction of sp³-hybridized carbons (Fsp3) is 0.263. The van der Waals surface area contributed by atoms with E-state index in [2.05, 4.69) is 26.5 Å². The highest BCUT2D eigenvalue weighted by Gasteiger charge is 2.09. The van der Waals surface area contributed by atoms with Gasteiger partial charge in [-0.3, -0.25) is 4.79 Å². The number of phenols is 1. The summed E-state index contributed by atoms with van der Waals surface area (Å²) in [6, 6.07) is 8.95. The lowest BCUT2D eigenvalue weighted by Crippen LogP contribution is -2.24. The van der Waals surface area contributed by atoms with Crippen LogP contribution < -0.4 is 14.9 Å². The Hall–Kier alpha value is -2.54. The fourth-order valence-corrected chi connectivity index (χ4v) is 2.57. The number of rotatable bonds is 7. The number of benzene rings is 2. The van der Waals surface area contributed by atoms with Gasteiger partial charge in [-0.05, 0) is 56.2 Å². The topological polar surface area (TPSA) is 80.2 Å². The molecule has 6 nitrogen and oxygen atoms in total. The largest absolute Gasteiger partial charge is 0.504 e. The molecule has 0 saturated heterocycles. The molecule has 26 heavy (non-hydrogen) atoms. The summed E-state index contributed by atoms with van der Waals surface area (Å²) in [4.78, 5) is 11.8. The zero-order valence-corrected chi connectivity index (χ0v) is 16.5. The number of ether oxygens (including phenoxy) is 2. The number of aryl methyl sites for hydroxylation is 2. The molecule has 0 atom stereocenters. The third kappa shape index (κ3) is 5.49. The van der Waals surface area contributed by atoms with Gasteiger partial charge in [-0.15, -0.1) is 0 Å². The molecule has 0 aliphatic carbocycles. The first kappa shape index (κ1) is 19.8. The maximum atomic E-state index is 11.8.